The molecule has 1 atom stereocenters. The summed E-state index contributed by atoms with van der Waals surface area (Å²) >= 11 is 2.34. The molecule has 1 aromatic carbocycles. The summed E-state index contributed by atoms with van der Waals surface area (Å²) in [6.45, 7) is 7.19. The Hall–Kier alpha value is -1.95. The fourth-order valence-electron chi connectivity index (χ4n) is 2.99. The number of halogens is 1. The van der Waals surface area contributed by atoms with Crippen molar-refractivity contribution < 1.29 is 4.74 Å². The van der Waals surface area contributed by atoms with Gasteiger partial charge in [-0.3, -0.25) is 9.97 Å². The van der Waals surface area contributed by atoms with Crippen molar-refractivity contribution in [3.63, 3.8) is 0 Å². The summed E-state index contributed by atoms with van der Waals surface area (Å²) in [5.74, 6) is 1.17. The van der Waals surface area contributed by atoms with Gasteiger partial charge in [0.05, 0.1) is 17.6 Å². The van der Waals surface area contributed by atoms with Gasteiger partial charge < -0.3 is 4.74 Å². The number of hydrogen-bond donors (Lipinski definition) is 0. The van der Waals surface area contributed by atoms with Crippen LogP contribution in [0.1, 0.15) is 37.7 Å². The maximum atomic E-state index is 5.82. The van der Waals surface area contributed by atoms with Crippen LogP contribution >= 0.6 is 22.6 Å². The fraction of sp³-hybridized carbons (Fsp3) is 0.273. The summed E-state index contributed by atoms with van der Waals surface area (Å²) in [5, 5.41) is 0. The Labute approximate surface area is 169 Å². The van der Waals surface area contributed by atoms with E-state index in [1.807, 2.05) is 30.5 Å². The molecule has 0 N–H and O–H groups in total. The van der Waals surface area contributed by atoms with E-state index >= 15 is 0 Å². The second kappa shape index (κ2) is 8.16. The second-order valence-corrected chi connectivity index (χ2v) is 8.10. The van der Waals surface area contributed by atoms with Crippen LogP contribution in [0.15, 0.2) is 67.0 Å². The molecule has 134 valence electrons. The normalized spacial score (nSPS) is 13.4. The fourth-order valence-corrected chi connectivity index (χ4v) is 3.35. The Morgan fingerprint density at radius 3 is 2.35 bits per heavy atom. The lowest BCUT2D eigenvalue weighted by atomic mass is 9.71. The van der Waals surface area contributed by atoms with Crippen LogP contribution < -0.4 is 4.74 Å². The number of hydrogen-bond acceptors (Lipinski definition) is 3. The Bertz CT molecular complexity index is 832. The summed E-state index contributed by atoms with van der Waals surface area (Å²) in [7, 11) is 0. The molecular formula is C22H23IN2O. The van der Waals surface area contributed by atoms with Crippen LogP contribution in [0.4, 0.5) is 0 Å². The Kier molecular flexibility index (Phi) is 5.91. The summed E-state index contributed by atoms with van der Waals surface area (Å²) in [6, 6.07) is 18.6. The number of rotatable bonds is 6. The molecule has 3 rings (SSSR count). The Balaban J connectivity index is 1.81. The minimum Gasteiger partial charge on any atom is -0.486 e. The maximum absolute atomic E-state index is 5.82. The van der Waals surface area contributed by atoms with E-state index in [-0.39, 0.29) is 5.41 Å². The standard InChI is InChI=1S/C22H23IN2O/c1-16(2)22(3,17-7-9-18(23)10-8-17)21-12-11-20(14-25-21)26-15-19-6-4-5-13-24-19/h4-14,16H,15H2,1-3H3. The van der Waals surface area contributed by atoms with Crippen LogP contribution in [-0.4, -0.2) is 9.97 Å². The molecule has 2 aromatic heterocycles. The van der Waals surface area contributed by atoms with Crippen molar-refractivity contribution in [2.24, 2.45) is 5.92 Å². The number of benzene rings is 1. The predicted octanol–water partition coefficient (Wildman–Crippen LogP) is 5.62. The Morgan fingerprint density at radius 1 is 1.00 bits per heavy atom. The highest BCUT2D eigenvalue weighted by atomic mass is 127. The molecule has 0 bridgehead atoms. The average Bonchev–Trinajstić information content (AvgIpc) is 2.67. The van der Waals surface area contributed by atoms with E-state index in [0.29, 0.717) is 12.5 Å². The highest BCUT2D eigenvalue weighted by Gasteiger charge is 2.33. The quantitative estimate of drug-likeness (QED) is 0.450. The van der Waals surface area contributed by atoms with E-state index in [1.54, 1.807) is 6.20 Å². The first-order chi connectivity index (χ1) is 12.5. The highest BCUT2D eigenvalue weighted by Crippen LogP contribution is 2.38. The molecule has 0 aliphatic rings. The van der Waals surface area contributed by atoms with Gasteiger partial charge in [-0.15, -0.1) is 0 Å². The first-order valence-electron chi connectivity index (χ1n) is 8.75. The van der Waals surface area contributed by atoms with Crippen molar-refractivity contribution in [3.05, 3.63) is 87.5 Å². The monoisotopic (exact) mass is 458 g/mol. The van der Waals surface area contributed by atoms with Crippen molar-refractivity contribution in [1.82, 2.24) is 9.97 Å². The van der Waals surface area contributed by atoms with E-state index in [0.717, 1.165) is 17.1 Å². The molecule has 0 aliphatic carbocycles. The molecule has 1 unspecified atom stereocenters. The molecule has 0 saturated heterocycles. The second-order valence-electron chi connectivity index (χ2n) is 6.85. The van der Waals surface area contributed by atoms with E-state index in [4.69, 9.17) is 9.72 Å². The molecule has 0 saturated carbocycles. The number of ether oxygens (including phenoxy) is 1. The summed E-state index contributed by atoms with van der Waals surface area (Å²) < 4.78 is 7.06. The third kappa shape index (κ3) is 4.06. The van der Waals surface area contributed by atoms with Gasteiger partial charge in [-0.25, -0.2) is 0 Å². The SMILES string of the molecule is CC(C)C(C)(c1ccc(I)cc1)c1ccc(OCc2ccccn2)cn1. The van der Waals surface area contributed by atoms with Gasteiger partial charge in [0, 0.05) is 15.2 Å². The van der Waals surface area contributed by atoms with Crippen LogP contribution in [-0.2, 0) is 12.0 Å². The lowest BCUT2D eigenvalue weighted by molar-refractivity contribution is 0.299. The minimum absolute atomic E-state index is 0.149. The Morgan fingerprint density at radius 2 is 1.77 bits per heavy atom. The lowest BCUT2D eigenvalue weighted by Gasteiger charge is -2.34. The summed E-state index contributed by atoms with van der Waals surface area (Å²) in [6.07, 6.45) is 3.58. The van der Waals surface area contributed by atoms with Gasteiger partial charge in [-0.05, 0) is 77.4 Å². The van der Waals surface area contributed by atoms with Crippen LogP contribution in [0.3, 0.4) is 0 Å². The molecule has 4 heteroatoms. The highest BCUT2D eigenvalue weighted by molar-refractivity contribution is 14.1. The zero-order valence-electron chi connectivity index (χ0n) is 15.3. The van der Waals surface area contributed by atoms with E-state index in [1.165, 1.54) is 9.13 Å². The topological polar surface area (TPSA) is 35.0 Å². The van der Waals surface area contributed by atoms with Crippen LogP contribution in [0, 0.1) is 9.49 Å². The van der Waals surface area contributed by atoms with Crippen LogP contribution in [0.5, 0.6) is 5.75 Å². The lowest BCUT2D eigenvalue weighted by Crippen LogP contribution is -2.31. The van der Waals surface area contributed by atoms with Crippen molar-refractivity contribution in [2.45, 2.75) is 32.8 Å². The molecule has 2 heterocycles. The maximum Gasteiger partial charge on any atom is 0.138 e. The van der Waals surface area contributed by atoms with Gasteiger partial charge >= 0.3 is 0 Å². The van der Waals surface area contributed by atoms with Crippen molar-refractivity contribution in [3.8, 4) is 5.75 Å². The van der Waals surface area contributed by atoms with Crippen LogP contribution in [0.25, 0.3) is 0 Å². The zero-order valence-corrected chi connectivity index (χ0v) is 17.5. The van der Waals surface area contributed by atoms with Crippen molar-refractivity contribution >= 4 is 22.6 Å². The summed E-state index contributed by atoms with van der Waals surface area (Å²) in [5.41, 5.74) is 3.09. The first kappa shape index (κ1) is 18.8. The minimum atomic E-state index is -0.149. The molecule has 0 spiro atoms. The number of pyridine rings is 2. The van der Waals surface area contributed by atoms with Gasteiger partial charge in [-0.1, -0.05) is 32.0 Å². The average molecular weight is 458 g/mol. The van der Waals surface area contributed by atoms with Crippen LogP contribution in [0.2, 0.25) is 0 Å². The molecular weight excluding hydrogens is 435 g/mol. The molecule has 0 amide bonds. The van der Waals surface area contributed by atoms with Gasteiger partial charge in [0.25, 0.3) is 0 Å². The van der Waals surface area contributed by atoms with Crippen molar-refractivity contribution in [1.29, 1.82) is 0 Å². The van der Waals surface area contributed by atoms with E-state index < -0.39 is 0 Å². The van der Waals surface area contributed by atoms with Gasteiger partial charge in [0.2, 0.25) is 0 Å². The molecule has 0 fully saturated rings. The predicted molar refractivity (Wildman–Crippen MR) is 113 cm³/mol. The zero-order chi connectivity index (χ0) is 18.6. The third-order valence-corrected chi connectivity index (χ3v) is 5.70. The third-order valence-electron chi connectivity index (χ3n) is 4.98. The van der Waals surface area contributed by atoms with Gasteiger partial charge in [0.1, 0.15) is 12.4 Å². The van der Waals surface area contributed by atoms with Gasteiger partial charge in [-0.2, -0.15) is 0 Å². The molecule has 3 aromatic rings. The molecule has 3 nitrogen and oxygen atoms in total. The van der Waals surface area contributed by atoms with Crippen molar-refractivity contribution in [2.75, 3.05) is 0 Å². The van der Waals surface area contributed by atoms with E-state index in [2.05, 4.69) is 78.7 Å². The molecule has 26 heavy (non-hydrogen) atoms. The molecule has 0 aliphatic heterocycles. The summed E-state index contributed by atoms with van der Waals surface area (Å²) in [4.78, 5) is 9.01. The largest absolute Gasteiger partial charge is 0.486 e. The smallest absolute Gasteiger partial charge is 0.138 e. The number of aromatic nitrogens is 2. The van der Waals surface area contributed by atoms with E-state index in [9.17, 15) is 0 Å². The number of nitrogens with zero attached hydrogens (tertiary/aromatic N) is 2. The molecule has 0 radical (unpaired) electrons. The van der Waals surface area contributed by atoms with Gasteiger partial charge in [0.15, 0.2) is 0 Å². The first-order valence-corrected chi connectivity index (χ1v) is 9.83.